The number of anilines is 1. The highest BCUT2D eigenvalue weighted by Gasteiger charge is 2.23. The second-order valence-corrected chi connectivity index (χ2v) is 7.18. The van der Waals surface area contributed by atoms with Gasteiger partial charge in [0.05, 0.1) is 25.0 Å². The van der Waals surface area contributed by atoms with Crippen molar-refractivity contribution in [1.29, 1.82) is 0 Å². The third-order valence-electron chi connectivity index (χ3n) is 3.39. The maximum absolute atomic E-state index is 12.6. The molecule has 150 valence electrons. The van der Waals surface area contributed by atoms with Gasteiger partial charge in [0.15, 0.2) is 0 Å². The number of ether oxygens (including phenoxy) is 2. The molecule has 0 radical (unpaired) electrons. The zero-order valence-corrected chi connectivity index (χ0v) is 16.4. The number of amides is 2. The molecule has 0 saturated heterocycles. The highest BCUT2D eigenvalue weighted by molar-refractivity contribution is 7.90. The monoisotopic (exact) mass is 408 g/mol. The van der Waals surface area contributed by atoms with Gasteiger partial charge in [0, 0.05) is 11.8 Å². The first-order valence-corrected chi connectivity index (χ1v) is 9.70. The highest BCUT2D eigenvalue weighted by Crippen LogP contribution is 2.17. The topological polar surface area (TPSA) is 137 Å². The Morgan fingerprint density at radius 3 is 2.57 bits per heavy atom. The van der Waals surface area contributed by atoms with Crippen molar-refractivity contribution in [2.24, 2.45) is 0 Å². The molecule has 0 bridgehead atoms. The predicted molar refractivity (Wildman–Crippen MR) is 99.4 cm³/mol. The number of methoxy groups -OCH3 is 1. The van der Waals surface area contributed by atoms with E-state index in [1.807, 2.05) is 4.72 Å². The van der Waals surface area contributed by atoms with Gasteiger partial charge in [0.25, 0.3) is 10.0 Å². The van der Waals surface area contributed by atoms with E-state index in [2.05, 4.69) is 15.3 Å². The first kappa shape index (κ1) is 21.1. The summed E-state index contributed by atoms with van der Waals surface area (Å²) in [6.45, 7) is 3.48. The number of carbonyl (C=O) groups is 2. The fraction of sp³-hybridized carbons (Fsp3) is 0.294. The number of rotatable bonds is 7. The van der Waals surface area contributed by atoms with E-state index in [4.69, 9.17) is 9.47 Å². The van der Waals surface area contributed by atoms with Gasteiger partial charge >= 0.3 is 12.0 Å². The van der Waals surface area contributed by atoms with Gasteiger partial charge in [-0.15, -0.1) is 0 Å². The van der Waals surface area contributed by atoms with Gasteiger partial charge in [0.2, 0.25) is 11.8 Å². The number of nitrogens with zero attached hydrogens (tertiary/aromatic N) is 2. The molecule has 11 heteroatoms. The summed E-state index contributed by atoms with van der Waals surface area (Å²) in [5.41, 5.74) is 0.722. The Balaban J connectivity index is 2.18. The van der Waals surface area contributed by atoms with E-state index in [1.165, 1.54) is 25.3 Å². The summed E-state index contributed by atoms with van der Waals surface area (Å²) in [6.07, 6.45) is -0.245. The molecule has 2 aromatic rings. The second kappa shape index (κ2) is 9.13. The van der Waals surface area contributed by atoms with E-state index in [0.29, 0.717) is 5.69 Å². The Bertz CT molecular complexity index is 977. The summed E-state index contributed by atoms with van der Waals surface area (Å²) in [7, 11) is -2.85. The number of aryl methyl sites for hydroxylation is 1. The maximum Gasteiger partial charge on any atom is 0.335 e. The third-order valence-corrected chi connectivity index (χ3v) is 4.83. The van der Waals surface area contributed by atoms with Crippen molar-refractivity contribution in [3.05, 3.63) is 41.6 Å². The van der Waals surface area contributed by atoms with Crippen LogP contribution in [0.4, 0.5) is 10.7 Å². The molecule has 2 N–H and O–H groups in total. The average molecular weight is 408 g/mol. The van der Waals surface area contributed by atoms with Crippen molar-refractivity contribution in [2.75, 3.05) is 19.0 Å². The molecule has 2 rings (SSSR count). The molecule has 1 aromatic carbocycles. The summed E-state index contributed by atoms with van der Waals surface area (Å²) in [4.78, 5) is 31.5. The zero-order valence-electron chi connectivity index (χ0n) is 15.6. The summed E-state index contributed by atoms with van der Waals surface area (Å²) in [5.74, 6) is -0.482. The highest BCUT2D eigenvalue weighted by atomic mass is 32.2. The third kappa shape index (κ3) is 5.64. The van der Waals surface area contributed by atoms with Crippen molar-refractivity contribution >= 4 is 28.0 Å². The average Bonchev–Trinajstić information content (AvgIpc) is 2.61. The minimum Gasteiger partial charge on any atom is -0.481 e. The smallest absolute Gasteiger partial charge is 0.335 e. The molecule has 0 aliphatic rings. The molecule has 0 atom stereocenters. The molecule has 0 unspecified atom stereocenters. The van der Waals surface area contributed by atoms with Gasteiger partial charge in [-0.1, -0.05) is 18.2 Å². The van der Waals surface area contributed by atoms with Crippen LogP contribution in [-0.4, -0.2) is 44.1 Å². The largest absolute Gasteiger partial charge is 0.481 e. The minimum absolute atomic E-state index is 0.121. The molecule has 0 spiro atoms. The van der Waals surface area contributed by atoms with E-state index in [-0.39, 0.29) is 35.3 Å². The molecule has 0 saturated carbocycles. The lowest BCUT2D eigenvalue weighted by Crippen LogP contribution is -2.35. The number of sulfonamides is 1. The van der Waals surface area contributed by atoms with E-state index in [9.17, 15) is 18.0 Å². The number of hydrogen-bond donors (Lipinski definition) is 2. The number of nitrogens with one attached hydrogen (secondary N) is 2. The molecular formula is C17H20N4O6S. The molecule has 28 heavy (non-hydrogen) atoms. The lowest BCUT2D eigenvalue weighted by atomic mass is 10.1. The van der Waals surface area contributed by atoms with Gasteiger partial charge in [-0.2, -0.15) is 4.98 Å². The Hall–Kier alpha value is -3.21. The normalized spacial score (nSPS) is 10.8. The fourth-order valence-electron chi connectivity index (χ4n) is 2.28. The van der Waals surface area contributed by atoms with Crippen LogP contribution >= 0.6 is 0 Å². The molecule has 1 heterocycles. The molecular weight excluding hydrogens is 388 g/mol. The van der Waals surface area contributed by atoms with Crippen LogP contribution in [0, 0.1) is 6.92 Å². The Kier molecular flexibility index (Phi) is 6.88. The first-order valence-electron chi connectivity index (χ1n) is 8.22. The second-order valence-electron chi connectivity index (χ2n) is 5.52. The zero-order chi connectivity index (χ0) is 20.7. The van der Waals surface area contributed by atoms with Crippen LogP contribution in [0.1, 0.15) is 18.2 Å². The lowest BCUT2D eigenvalue weighted by molar-refractivity contribution is -0.142. The first-order chi connectivity index (χ1) is 13.2. The van der Waals surface area contributed by atoms with E-state index >= 15 is 0 Å². The standard InChI is InChI=1S/C17H20N4O6S/c1-4-27-15(22)10-12-7-5-6-8-13(12)28(24,25)21-17(23)20-16-18-11(2)9-14(19-16)26-3/h5-9H,4,10H2,1-3H3,(H2,18,19,20,21,23). The summed E-state index contributed by atoms with van der Waals surface area (Å²) in [6, 6.07) is 6.31. The number of urea groups is 1. The number of carbonyl (C=O) groups excluding carboxylic acids is 2. The van der Waals surface area contributed by atoms with Crippen LogP contribution in [0.2, 0.25) is 0 Å². The van der Waals surface area contributed by atoms with Crippen molar-refractivity contribution < 1.29 is 27.5 Å². The van der Waals surface area contributed by atoms with E-state index in [1.54, 1.807) is 26.0 Å². The van der Waals surface area contributed by atoms with E-state index < -0.39 is 22.0 Å². The number of benzene rings is 1. The molecule has 0 aliphatic carbocycles. The number of hydrogen-bond acceptors (Lipinski definition) is 8. The summed E-state index contributed by atoms with van der Waals surface area (Å²) < 4.78 is 36.9. The summed E-state index contributed by atoms with van der Waals surface area (Å²) in [5, 5.41) is 2.24. The minimum atomic E-state index is -4.25. The molecule has 2 amide bonds. The fourth-order valence-corrected chi connectivity index (χ4v) is 3.43. The Morgan fingerprint density at radius 1 is 1.18 bits per heavy atom. The summed E-state index contributed by atoms with van der Waals surface area (Å²) >= 11 is 0. The Labute approximate surface area is 162 Å². The van der Waals surface area contributed by atoms with Crippen LogP contribution in [0.5, 0.6) is 5.88 Å². The molecule has 0 fully saturated rings. The van der Waals surface area contributed by atoms with Crippen LogP contribution in [0.15, 0.2) is 35.2 Å². The SMILES string of the molecule is CCOC(=O)Cc1ccccc1S(=O)(=O)NC(=O)Nc1nc(C)cc(OC)n1. The van der Waals surface area contributed by atoms with Gasteiger partial charge in [-0.05, 0) is 25.5 Å². The number of aromatic nitrogens is 2. The van der Waals surface area contributed by atoms with Gasteiger partial charge in [-0.3, -0.25) is 10.1 Å². The van der Waals surface area contributed by atoms with Crippen molar-refractivity contribution in [3.8, 4) is 5.88 Å². The molecule has 10 nitrogen and oxygen atoms in total. The van der Waals surface area contributed by atoms with Crippen LogP contribution in [-0.2, 0) is 26.0 Å². The van der Waals surface area contributed by atoms with Crippen molar-refractivity contribution in [2.45, 2.75) is 25.2 Å². The molecule has 0 aliphatic heterocycles. The lowest BCUT2D eigenvalue weighted by Gasteiger charge is -2.12. The maximum atomic E-state index is 12.6. The number of esters is 1. The van der Waals surface area contributed by atoms with Crippen LogP contribution in [0.25, 0.3) is 0 Å². The predicted octanol–water partition coefficient (Wildman–Crippen LogP) is 1.41. The van der Waals surface area contributed by atoms with Crippen LogP contribution < -0.4 is 14.8 Å². The van der Waals surface area contributed by atoms with Gasteiger partial charge < -0.3 is 9.47 Å². The van der Waals surface area contributed by atoms with Gasteiger partial charge in [-0.25, -0.2) is 22.9 Å². The van der Waals surface area contributed by atoms with Crippen molar-refractivity contribution in [1.82, 2.24) is 14.7 Å². The van der Waals surface area contributed by atoms with Gasteiger partial charge in [0.1, 0.15) is 0 Å². The van der Waals surface area contributed by atoms with Crippen molar-refractivity contribution in [3.63, 3.8) is 0 Å². The Morgan fingerprint density at radius 2 is 1.89 bits per heavy atom. The quantitative estimate of drug-likeness (QED) is 0.656. The van der Waals surface area contributed by atoms with Crippen LogP contribution in [0.3, 0.4) is 0 Å². The molecule has 1 aromatic heterocycles. The van der Waals surface area contributed by atoms with E-state index in [0.717, 1.165) is 0 Å².